The first-order valence-electron chi connectivity index (χ1n) is 9.49. The molecular weight excluding hydrogens is 407 g/mol. The zero-order valence-corrected chi connectivity index (χ0v) is 18.0. The molecule has 0 saturated carbocycles. The van der Waals surface area contributed by atoms with Gasteiger partial charge in [0.15, 0.2) is 11.0 Å². The molecule has 3 aromatic rings. The average molecular weight is 429 g/mol. The van der Waals surface area contributed by atoms with E-state index in [1.54, 1.807) is 24.5 Å². The molecular formula is C22H22ClFN4S. The van der Waals surface area contributed by atoms with Crippen LogP contribution in [0.1, 0.15) is 43.7 Å². The van der Waals surface area contributed by atoms with Gasteiger partial charge >= 0.3 is 0 Å². The monoisotopic (exact) mass is 428 g/mol. The van der Waals surface area contributed by atoms with Gasteiger partial charge in [0.25, 0.3) is 0 Å². The molecule has 3 rings (SSSR count). The van der Waals surface area contributed by atoms with Crippen molar-refractivity contribution in [2.24, 2.45) is 7.05 Å². The molecule has 0 aliphatic carbocycles. The molecule has 2 aromatic heterocycles. The van der Waals surface area contributed by atoms with Crippen molar-refractivity contribution in [2.45, 2.75) is 43.5 Å². The second-order valence-corrected chi connectivity index (χ2v) is 7.97. The Kier molecular flexibility index (Phi) is 7.68. The highest BCUT2D eigenvalue weighted by atomic mass is 35.5. The van der Waals surface area contributed by atoms with Crippen molar-refractivity contribution in [3.63, 3.8) is 0 Å². The quantitative estimate of drug-likeness (QED) is 0.267. The molecule has 4 nitrogen and oxygen atoms in total. The molecule has 0 aliphatic rings. The molecule has 0 radical (unpaired) electrons. The molecule has 0 bridgehead atoms. The van der Waals surface area contributed by atoms with Gasteiger partial charge in [0.2, 0.25) is 0 Å². The van der Waals surface area contributed by atoms with Gasteiger partial charge in [-0.2, -0.15) is 0 Å². The summed E-state index contributed by atoms with van der Waals surface area (Å²) in [6, 6.07) is 6.71. The fourth-order valence-corrected chi connectivity index (χ4v) is 3.78. The molecule has 0 atom stereocenters. The molecule has 0 unspecified atom stereocenters. The lowest BCUT2D eigenvalue weighted by molar-refractivity contribution is 0.628. The topological polar surface area (TPSA) is 43.6 Å². The van der Waals surface area contributed by atoms with Crippen LogP contribution in [0.5, 0.6) is 0 Å². The summed E-state index contributed by atoms with van der Waals surface area (Å²) in [4.78, 5) is 4.30. The van der Waals surface area contributed by atoms with Gasteiger partial charge in [-0.25, -0.2) is 4.39 Å². The Balaban J connectivity index is 1.70. The van der Waals surface area contributed by atoms with Crippen molar-refractivity contribution in [1.82, 2.24) is 19.7 Å². The van der Waals surface area contributed by atoms with E-state index in [0.29, 0.717) is 5.75 Å². The summed E-state index contributed by atoms with van der Waals surface area (Å²) in [6.07, 6.45) is 7.95. The van der Waals surface area contributed by atoms with Crippen LogP contribution in [0.3, 0.4) is 0 Å². The van der Waals surface area contributed by atoms with Crippen LogP contribution >= 0.6 is 23.4 Å². The molecule has 0 aliphatic heterocycles. The third-order valence-electron chi connectivity index (χ3n) is 4.32. The van der Waals surface area contributed by atoms with E-state index in [9.17, 15) is 4.39 Å². The number of hydrogen-bond acceptors (Lipinski definition) is 4. The molecule has 29 heavy (non-hydrogen) atoms. The number of aromatic nitrogens is 4. The van der Waals surface area contributed by atoms with Crippen molar-refractivity contribution in [2.75, 3.05) is 0 Å². The highest BCUT2D eigenvalue weighted by Gasteiger charge is 2.12. The summed E-state index contributed by atoms with van der Waals surface area (Å²) in [5.41, 5.74) is 2.67. The number of thioether (sulfide) groups is 1. The minimum absolute atomic E-state index is 0.125. The first-order valence-corrected chi connectivity index (χ1v) is 10.8. The van der Waals surface area contributed by atoms with Crippen LogP contribution in [-0.4, -0.2) is 19.7 Å². The Morgan fingerprint density at radius 1 is 1.17 bits per heavy atom. The lowest BCUT2D eigenvalue weighted by Gasteiger charge is -2.05. The summed E-state index contributed by atoms with van der Waals surface area (Å²) < 4.78 is 15.2. The molecule has 0 N–H and O–H groups in total. The Bertz CT molecular complexity index is 1040. The maximum absolute atomic E-state index is 13.3. The van der Waals surface area contributed by atoms with E-state index in [1.165, 1.54) is 30.7 Å². The number of nitrogens with zero attached hydrogens (tertiary/aromatic N) is 4. The highest BCUT2D eigenvalue weighted by molar-refractivity contribution is 7.98. The third-order valence-corrected chi connectivity index (χ3v) is 5.70. The lowest BCUT2D eigenvalue weighted by Crippen LogP contribution is -1.96. The molecule has 150 valence electrons. The Labute approximate surface area is 179 Å². The van der Waals surface area contributed by atoms with Crippen LogP contribution in [0.25, 0.3) is 11.4 Å². The maximum atomic E-state index is 13.3. The fourth-order valence-electron chi connectivity index (χ4n) is 2.73. The number of rotatable bonds is 7. The average Bonchev–Trinajstić information content (AvgIpc) is 3.09. The van der Waals surface area contributed by atoms with E-state index < -0.39 is 5.82 Å². The SMILES string of the molecule is CCCCCC#Cc1cncc(-c2nnc(SCc3ccc(F)c(Cl)c3)n2C)c1. The molecule has 7 heteroatoms. The first-order chi connectivity index (χ1) is 14.1. The van der Waals surface area contributed by atoms with E-state index >= 15 is 0 Å². The van der Waals surface area contributed by atoms with Gasteiger partial charge in [-0.05, 0) is 30.2 Å². The van der Waals surface area contributed by atoms with Crippen molar-refractivity contribution in [1.29, 1.82) is 0 Å². The number of halogens is 2. The summed E-state index contributed by atoms with van der Waals surface area (Å²) in [5, 5.41) is 9.47. The zero-order valence-electron chi connectivity index (χ0n) is 16.5. The van der Waals surface area contributed by atoms with E-state index in [2.05, 4.69) is 33.9 Å². The van der Waals surface area contributed by atoms with Gasteiger partial charge in [0.1, 0.15) is 5.82 Å². The van der Waals surface area contributed by atoms with E-state index in [0.717, 1.165) is 40.5 Å². The number of pyridine rings is 1. The standard InChI is InChI=1S/C22H22ClFN4S/c1-3-4-5-6-7-8-16-11-18(14-25-13-16)21-26-27-22(28(21)2)29-15-17-9-10-20(24)19(23)12-17/h9-14H,3-6,15H2,1-2H3. The van der Waals surface area contributed by atoms with Crippen LogP contribution in [0.4, 0.5) is 4.39 Å². The Morgan fingerprint density at radius 3 is 2.83 bits per heavy atom. The predicted octanol–water partition coefficient (Wildman–Crippen LogP) is 5.89. The van der Waals surface area contributed by atoms with Gasteiger partial charge < -0.3 is 4.57 Å². The van der Waals surface area contributed by atoms with E-state index in [-0.39, 0.29) is 5.02 Å². The summed E-state index contributed by atoms with van der Waals surface area (Å²) in [5.74, 6) is 7.32. The normalized spacial score (nSPS) is 10.6. The smallest absolute Gasteiger partial charge is 0.191 e. The van der Waals surface area contributed by atoms with Crippen LogP contribution in [0.2, 0.25) is 5.02 Å². The fraction of sp³-hybridized carbons (Fsp3) is 0.318. The second-order valence-electron chi connectivity index (χ2n) is 6.62. The number of hydrogen-bond donors (Lipinski definition) is 0. The van der Waals surface area contributed by atoms with Crippen molar-refractivity contribution in [3.8, 4) is 23.2 Å². The van der Waals surface area contributed by atoms with Crippen LogP contribution in [0.15, 0.2) is 41.8 Å². The molecule has 0 saturated heterocycles. The predicted molar refractivity (Wildman–Crippen MR) is 116 cm³/mol. The Hall–Kier alpha value is -2.36. The minimum atomic E-state index is -0.415. The molecule has 1 aromatic carbocycles. The molecule has 0 fully saturated rings. The van der Waals surface area contributed by atoms with Crippen molar-refractivity contribution in [3.05, 3.63) is 58.6 Å². The third kappa shape index (κ3) is 5.81. The van der Waals surface area contributed by atoms with Gasteiger partial charge in [0, 0.05) is 42.7 Å². The summed E-state index contributed by atoms with van der Waals surface area (Å²) >= 11 is 7.37. The van der Waals surface area contributed by atoms with Gasteiger partial charge in [0.05, 0.1) is 5.02 Å². The molecule has 0 spiro atoms. The van der Waals surface area contributed by atoms with Crippen molar-refractivity contribution < 1.29 is 4.39 Å². The van der Waals surface area contributed by atoms with Gasteiger partial charge in [-0.15, -0.1) is 10.2 Å². The summed E-state index contributed by atoms with van der Waals surface area (Å²) in [6.45, 7) is 2.18. The molecule has 0 amide bonds. The minimum Gasteiger partial charge on any atom is -0.305 e. The van der Waals surface area contributed by atoms with E-state index in [1.807, 2.05) is 17.7 Å². The highest BCUT2D eigenvalue weighted by Crippen LogP contribution is 2.26. The second kappa shape index (κ2) is 10.4. The van der Waals surface area contributed by atoms with Crippen LogP contribution in [0, 0.1) is 17.7 Å². The largest absolute Gasteiger partial charge is 0.305 e. The first kappa shape index (κ1) is 21.4. The van der Waals surface area contributed by atoms with Crippen LogP contribution in [-0.2, 0) is 12.8 Å². The van der Waals surface area contributed by atoms with Gasteiger partial charge in [-0.3, -0.25) is 4.98 Å². The number of benzene rings is 1. The maximum Gasteiger partial charge on any atom is 0.191 e. The number of unbranched alkanes of at least 4 members (excludes halogenated alkanes) is 3. The molecule has 2 heterocycles. The van der Waals surface area contributed by atoms with E-state index in [4.69, 9.17) is 11.6 Å². The summed E-state index contributed by atoms with van der Waals surface area (Å²) in [7, 11) is 1.92. The Morgan fingerprint density at radius 2 is 2.03 bits per heavy atom. The lowest BCUT2D eigenvalue weighted by atomic mass is 10.1. The van der Waals surface area contributed by atoms with Crippen molar-refractivity contribution >= 4 is 23.4 Å². The van der Waals surface area contributed by atoms with Crippen LogP contribution < -0.4 is 0 Å². The zero-order chi connectivity index (χ0) is 20.6. The van der Waals surface area contributed by atoms with Gasteiger partial charge in [-0.1, -0.05) is 61.0 Å².